The molecule has 1 aromatic rings. The molecule has 2 rings (SSSR count). The van der Waals surface area contributed by atoms with E-state index in [1.807, 2.05) is 13.2 Å². The van der Waals surface area contributed by atoms with Crippen LogP contribution in [0.4, 0.5) is 0 Å². The van der Waals surface area contributed by atoms with Gasteiger partial charge in [-0.1, -0.05) is 24.5 Å². The van der Waals surface area contributed by atoms with Crippen molar-refractivity contribution in [1.29, 1.82) is 0 Å². The zero-order chi connectivity index (χ0) is 12.1. The Hall–Kier alpha value is -0.940. The van der Waals surface area contributed by atoms with Gasteiger partial charge in [-0.3, -0.25) is 9.58 Å². The molecule has 0 atom stereocenters. The second-order valence-corrected chi connectivity index (χ2v) is 4.93. The first-order valence-corrected chi connectivity index (χ1v) is 6.59. The average molecular weight is 237 g/mol. The SMILES string of the molecule is Cn1cc(CN(CCN)C2CCCCC2)nn1. The van der Waals surface area contributed by atoms with E-state index in [1.165, 1.54) is 32.1 Å². The van der Waals surface area contributed by atoms with Crippen molar-refractivity contribution >= 4 is 0 Å². The maximum Gasteiger partial charge on any atom is 0.0967 e. The summed E-state index contributed by atoms with van der Waals surface area (Å²) in [6, 6.07) is 0.689. The van der Waals surface area contributed by atoms with E-state index in [-0.39, 0.29) is 0 Å². The van der Waals surface area contributed by atoms with E-state index in [9.17, 15) is 0 Å². The summed E-state index contributed by atoms with van der Waals surface area (Å²) in [5, 5.41) is 8.15. The molecule has 0 aliphatic heterocycles. The maximum atomic E-state index is 5.71. The van der Waals surface area contributed by atoms with Crippen LogP contribution in [0.3, 0.4) is 0 Å². The quantitative estimate of drug-likeness (QED) is 0.827. The Morgan fingerprint density at radius 2 is 2.18 bits per heavy atom. The van der Waals surface area contributed by atoms with Crippen molar-refractivity contribution in [1.82, 2.24) is 19.9 Å². The zero-order valence-corrected chi connectivity index (χ0v) is 10.7. The molecular formula is C12H23N5. The second-order valence-electron chi connectivity index (χ2n) is 4.93. The lowest BCUT2D eigenvalue weighted by atomic mass is 9.94. The van der Waals surface area contributed by atoms with Gasteiger partial charge >= 0.3 is 0 Å². The number of aromatic nitrogens is 3. The summed E-state index contributed by atoms with van der Waals surface area (Å²) in [4.78, 5) is 2.48. The van der Waals surface area contributed by atoms with Gasteiger partial charge in [-0.15, -0.1) is 5.10 Å². The van der Waals surface area contributed by atoms with Gasteiger partial charge < -0.3 is 5.73 Å². The van der Waals surface area contributed by atoms with Gasteiger partial charge in [0, 0.05) is 38.9 Å². The van der Waals surface area contributed by atoms with E-state index in [0.29, 0.717) is 6.04 Å². The standard InChI is InChI=1S/C12H23N5/c1-16-9-11(14-15-16)10-17(8-7-13)12-5-3-2-4-6-12/h9,12H,2-8,10,13H2,1H3. The van der Waals surface area contributed by atoms with Gasteiger partial charge in [0.05, 0.1) is 5.69 Å². The van der Waals surface area contributed by atoms with Gasteiger partial charge in [-0.05, 0) is 12.8 Å². The van der Waals surface area contributed by atoms with Crippen molar-refractivity contribution in [3.63, 3.8) is 0 Å². The van der Waals surface area contributed by atoms with Crippen molar-refractivity contribution in [3.8, 4) is 0 Å². The number of hydrogen-bond acceptors (Lipinski definition) is 4. The van der Waals surface area contributed by atoms with Crippen LogP contribution in [0.5, 0.6) is 0 Å². The maximum absolute atomic E-state index is 5.71. The average Bonchev–Trinajstić information content (AvgIpc) is 2.75. The molecule has 0 radical (unpaired) electrons. The summed E-state index contributed by atoms with van der Waals surface area (Å²) in [5.74, 6) is 0. The van der Waals surface area contributed by atoms with Crippen molar-refractivity contribution < 1.29 is 0 Å². The van der Waals surface area contributed by atoms with Crippen molar-refractivity contribution in [3.05, 3.63) is 11.9 Å². The number of hydrogen-bond donors (Lipinski definition) is 1. The number of aryl methyl sites for hydroxylation is 1. The molecular weight excluding hydrogens is 214 g/mol. The Bertz CT molecular complexity index is 329. The Kier molecular flexibility index (Phi) is 4.50. The topological polar surface area (TPSA) is 60.0 Å². The molecule has 1 aromatic heterocycles. The van der Waals surface area contributed by atoms with E-state index in [4.69, 9.17) is 5.73 Å². The second kappa shape index (κ2) is 6.12. The van der Waals surface area contributed by atoms with Crippen LogP contribution in [0.2, 0.25) is 0 Å². The minimum Gasteiger partial charge on any atom is -0.329 e. The van der Waals surface area contributed by atoms with Gasteiger partial charge in [0.1, 0.15) is 0 Å². The predicted molar refractivity (Wildman–Crippen MR) is 67.3 cm³/mol. The molecule has 0 spiro atoms. The van der Waals surface area contributed by atoms with Crippen LogP contribution in [0.25, 0.3) is 0 Å². The van der Waals surface area contributed by atoms with Gasteiger partial charge in [0.15, 0.2) is 0 Å². The molecule has 17 heavy (non-hydrogen) atoms. The molecule has 0 aromatic carbocycles. The van der Waals surface area contributed by atoms with Crippen LogP contribution in [0, 0.1) is 0 Å². The van der Waals surface area contributed by atoms with E-state index >= 15 is 0 Å². The highest BCUT2D eigenvalue weighted by molar-refractivity contribution is 4.93. The van der Waals surface area contributed by atoms with Gasteiger partial charge in [0.2, 0.25) is 0 Å². The van der Waals surface area contributed by atoms with Crippen LogP contribution >= 0.6 is 0 Å². The Morgan fingerprint density at radius 3 is 2.76 bits per heavy atom. The molecule has 96 valence electrons. The van der Waals surface area contributed by atoms with E-state index in [2.05, 4.69) is 15.2 Å². The molecule has 0 bridgehead atoms. The first kappa shape index (κ1) is 12.5. The van der Waals surface area contributed by atoms with Crippen molar-refractivity contribution in [2.75, 3.05) is 13.1 Å². The zero-order valence-electron chi connectivity index (χ0n) is 10.7. The third-order valence-electron chi connectivity index (χ3n) is 3.52. The highest BCUT2D eigenvalue weighted by Crippen LogP contribution is 2.23. The highest BCUT2D eigenvalue weighted by Gasteiger charge is 2.21. The monoisotopic (exact) mass is 237 g/mol. The Balaban J connectivity index is 1.95. The van der Waals surface area contributed by atoms with Crippen LogP contribution in [-0.4, -0.2) is 39.0 Å². The molecule has 0 unspecified atom stereocenters. The summed E-state index contributed by atoms with van der Waals surface area (Å²) in [6.45, 7) is 2.56. The van der Waals surface area contributed by atoms with E-state index in [0.717, 1.165) is 25.3 Å². The predicted octanol–water partition coefficient (Wildman–Crippen LogP) is 0.908. The van der Waals surface area contributed by atoms with Crippen LogP contribution in [-0.2, 0) is 13.6 Å². The lowest BCUT2D eigenvalue weighted by Crippen LogP contribution is -2.39. The molecule has 2 N–H and O–H groups in total. The molecule has 1 aliphatic rings. The van der Waals surface area contributed by atoms with Crippen LogP contribution < -0.4 is 5.73 Å². The normalized spacial score (nSPS) is 17.8. The molecule has 1 saturated carbocycles. The van der Waals surface area contributed by atoms with Crippen molar-refractivity contribution in [2.45, 2.75) is 44.7 Å². The molecule has 5 nitrogen and oxygen atoms in total. The van der Waals surface area contributed by atoms with Gasteiger partial charge in [0.25, 0.3) is 0 Å². The summed E-state index contributed by atoms with van der Waals surface area (Å²) < 4.78 is 1.76. The summed E-state index contributed by atoms with van der Waals surface area (Å²) in [7, 11) is 1.91. The first-order valence-electron chi connectivity index (χ1n) is 6.59. The first-order chi connectivity index (χ1) is 8.29. The minimum absolute atomic E-state index is 0.689. The fraction of sp³-hybridized carbons (Fsp3) is 0.833. The fourth-order valence-electron chi connectivity index (χ4n) is 2.68. The highest BCUT2D eigenvalue weighted by atomic mass is 15.4. The van der Waals surface area contributed by atoms with Crippen molar-refractivity contribution in [2.24, 2.45) is 12.8 Å². The molecule has 0 amide bonds. The lowest BCUT2D eigenvalue weighted by molar-refractivity contribution is 0.150. The smallest absolute Gasteiger partial charge is 0.0967 e. The Morgan fingerprint density at radius 1 is 1.41 bits per heavy atom. The molecule has 1 fully saturated rings. The van der Waals surface area contributed by atoms with Crippen LogP contribution in [0.1, 0.15) is 37.8 Å². The number of nitrogens with two attached hydrogens (primary N) is 1. The minimum atomic E-state index is 0.689. The third kappa shape index (κ3) is 3.51. The summed E-state index contributed by atoms with van der Waals surface area (Å²) >= 11 is 0. The number of rotatable bonds is 5. The molecule has 1 heterocycles. The molecule has 1 aliphatic carbocycles. The molecule has 5 heteroatoms. The van der Waals surface area contributed by atoms with E-state index in [1.54, 1.807) is 4.68 Å². The Labute approximate surface area is 103 Å². The van der Waals surface area contributed by atoms with Gasteiger partial charge in [-0.25, -0.2) is 0 Å². The lowest BCUT2D eigenvalue weighted by Gasteiger charge is -2.33. The fourth-order valence-corrected chi connectivity index (χ4v) is 2.68. The van der Waals surface area contributed by atoms with Gasteiger partial charge in [-0.2, -0.15) is 0 Å². The van der Waals surface area contributed by atoms with E-state index < -0.39 is 0 Å². The summed E-state index contributed by atoms with van der Waals surface area (Å²) in [5.41, 5.74) is 6.76. The summed E-state index contributed by atoms with van der Waals surface area (Å²) in [6.07, 6.45) is 8.70. The number of nitrogens with zero attached hydrogens (tertiary/aromatic N) is 4. The largest absolute Gasteiger partial charge is 0.329 e. The molecule has 0 saturated heterocycles. The third-order valence-corrected chi connectivity index (χ3v) is 3.52. The van der Waals surface area contributed by atoms with Crippen LogP contribution in [0.15, 0.2) is 6.20 Å².